The Bertz CT molecular complexity index is 1350. The quantitative estimate of drug-likeness (QED) is 0.428. The van der Waals surface area contributed by atoms with Crippen molar-refractivity contribution in [1.29, 1.82) is 0 Å². The van der Waals surface area contributed by atoms with Gasteiger partial charge in [0.1, 0.15) is 11.7 Å². The normalized spacial score (nSPS) is 20.1. The highest BCUT2D eigenvalue weighted by molar-refractivity contribution is 5.97. The lowest BCUT2D eigenvalue weighted by atomic mass is 9.73. The molecule has 0 saturated carbocycles. The Morgan fingerprint density at radius 2 is 1.41 bits per heavy atom. The van der Waals surface area contributed by atoms with E-state index in [1.54, 1.807) is 72.8 Å². The summed E-state index contributed by atoms with van der Waals surface area (Å²) in [7, 11) is 0. The highest BCUT2D eigenvalue weighted by Gasteiger charge is 2.52. The van der Waals surface area contributed by atoms with E-state index in [2.05, 4.69) is 10.2 Å². The Morgan fingerprint density at radius 3 is 1.90 bits per heavy atom. The van der Waals surface area contributed by atoms with Gasteiger partial charge in [-0.3, -0.25) is 19.2 Å². The predicted molar refractivity (Wildman–Crippen MR) is 155 cm³/mol. The van der Waals surface area contributed by atoms with Crippen LogP contribution in [-0.2, 0) is 16.8 Å². The van der Waals surface area contributed by atoms with Gasteiger partial charge >= 0.3 is 5.97 Å². The van der Waals surface area contributed by atoms with Gasteiger partial charge in [-0.2, -0.15) is 0 Å². The molecule has 0 unspecified atom stereocenters. The van der Waals surface area contributed by atoms with Gasteiger partial charge in [-0.15, -0.1) is 0 Å². The molecule has 0 aliphatic carbocycles. The van der Waals surface area contributed by atoms with Gasteiger partial charge in [0.05, 0.1) is 0 Å². The van der Waals surface area contributed by atoms with Crippen molar-refractivity contribution in [2.24, 2.45) is 5.92 Å². The van der Waals surface area contributed by atoms with Crippen LogP contribution in [0.4, 0.5) is 0 Å². The molecule has 0 atom stereocenters. The second-order valence-corrected chi connectivity index (χ2v) is 11.1. The third-order valence-corrected chi connectivity index (χ3v) is 8.47. The van der Waals surface area contributed by atoms with Gasteiger partial charge in [0, 0.05) is 36.3 Å². The number of aldehydes is 1. The SMILES string of the molecule is C1CN2CCC1CC2.O=Cc1ccc(C(=O)NCc2ccc(C(=O)N3CC(C(=O)O)(c4ccccc4)C3)cc2)cc1. The lowest BCUT2D eigenvalue weighted by Crippen LogP contribution is -2.65. The first kappa shape index (κ1) is 28.2. The first-order valence-corrected chi connectivity index (χ1v) is 14.1. The van der Waals surface area contributed by atoms with Crippen LogP contribution in [0.5, 0.6) is 0 Å². The molecule has 3 aromatic rings. The van der Waals surface area contributed by atoms with Gasteiger partial charge in [0.2, 0.25) is 0 Å². The van der Waals surface area contributed by atoms with E-state index in [1.165, 1.54) is 43.8 Å². The lowest BCUT2D eigenvalue weighted by molar-refractivity contribution is -0.149. The van der Waals surface area contributed by atoms with Crippen LogP contribution in [0, 0.1) is 5.92 Å². The molecule has 2 N–H and O–H groups in total. The van der Waals surface area contributed by atoms with Crippen molar-refractivity contribution in [3.05, 3.63) is 107 Å². The summed E-state index contributed by atoms with van der Waals surface area (Å²) in [6, 6.07) is 22.1. The maximum absolute atomic E-state index is 12.8. The average Bonchev–Trinajstić information content (AvgIpc) is 3.01. The summed E-state index contributed by atoms with van der Waals surface area (Å²) in [5, 5.41) is 12.6. The molecule has 8 nitrogen and oxygen atoms in total. The summed E-state index contributed by atoms with van der Waals surface area (Å²) < 4.78 is 0. The van der Waals surface area contributed by atoms with Crippen LogP contribution < -0.4 is 5.32 Å². The molecule has 0 radical (unpaired) electrons. The Labute approximate surface area is 240 Å². The van der Waals surface area contributed by atoms with E-state index >= 15 is 0 Å². The van der Waals surface area contributed by atoms with Crippen LogP contribution in [-0.4, -0.2) is 71.7 Å². The Balaban J connectivity index is 0.000000358. The number of nitrogens with zero attached hydrogens (tertiary/aromatic N) is 2. The molecule has 0 spiro atoms. The molecule has 4 saturated heterocycles. The first-order valence-electron chi connectivity index (χ1n) is 14.1. The molecule has 4 heterocycles. The second kappa shape index (κ2) is 12.5. The number of aliphatic carboxylic acids is 1. The second-order valence-electron chi connectivity index (χ2n) is 11.1. The molecule has 41 heavy (non-hydrogen) atoms. The Morgan fingerprint density at radius 1 is 0.829 bits per heavy atom. The molecular formula is C33H35N3O5. The van der Waals surface area contributed by atoms with Gasteiger partial charge in [-0.05, 0) is 80.2 Å². The zero-order valence-corrected chi connectivity index (χ0v) is 23.0. The van der Waals surface area contributed by atoms with E-state index in [0.29, 0.717) is 28.5 Å². The summed E-state index contributed by atoms with van der Waals surface area (Å²) >= 11 is 0. The summed E-state index contributed by atoms with van der Waals surface area (Å²) in [4.78, 5) is 51.8. The molecule has 7 rings (SSSR count). The molecule has 4 fully saturated rings. The Kier molecular flexibility index (Phi) is 8.59. The van der Waals surface area contributed by atoms with Gasteiger partial charge in [0.25, 0.3) is 11.8 Å². The number of piperidine rings is 3. The van der Waals surface area contributed by atoms with E-state index in [0.717, 1.165) is 11.5 Å². The minimum Gasteiger partial charge on any atom is -0.480 e. The van der Waals surface area contributed by atoms with E-state index in [1.807, 2.05) is 6.07 Å². The number of carboxylic acid groups (broad SMARTS) is 1. The molecule has 2 amide bonds. The summed E-state index contributed by atoms with van der Waals surface area (Å²) in [5.41, 5.74) is 1.83. The van der Waals surface area contributed by atoms with Gasteiger partial charge in [-0.1, -0.05) is 54.6 Å². The predicted octanol–water partition coefficient (Wildman–Crippen LogP) is 4.01. The number of benzene rings is 3. The molecular weight excluding hydrogens is 518 g/mol. The van der Waals surface area contributed by atoms with E-state index in [-0.39, 0.29) is 31.4 Å². The molecule has 0 aromatic heterocycles. The van der Waals surface area contributed by atoms with Crippen molar-refractivity contribution in [1.82, 2.24) is 15.1 Å². The smallest absolute Gasteiger partial charge is 0.317 e. The third-order valence-electron chi connectivity index (χ3n) is 8.47. The number of carbonyl (C=O) groups excluding carboxylic acids is 3. The maximum Gasteiger partial charge on any atom is 0.317 e. The van der Waals surface area contributed by atoms with E-state index in [9.17, 15) is 24.3 Å². The van der Waals surface area contributed by atoms with E-state index < -0.39 is 11.4 Å². The average molecular weight is 554 g/mol. The van der Waals surface area contributed by atoms with Gasteiger partial charge in [0.15, 0.2) is 0 Å². The number of hydrogen-bond donors (Lipinski definition) is 2. The zero-order valence-electron chi connectivity index (χ0n) is 23.0. The molecule has 2 bridgehead atoms. The number of amides is 2. The van der Waals surface area contributed by atoms with Gasteiger partial charge < -0.3 is 20.2 Å². The third kappa shape index (κ3) is 6.38. The molecule has 8 heteroatoms. The van der Waals surface area contributed by atoms with Crippen LogP contribution in [0.2, 0.25) is 0 Å². The van der Waals surface area contributed by atoms with Crippen LogP contribution >= 0.6 is 0 Å². The molecule has 4 aliphatic rings. The van der Waals surface area contributed by atoms with Crippen LogP contribution in [0.15, 0.2) is 78.9 Å². The first-order chi connectivity index (χ1) is 19.9. The fraction of sp³-hybridized carbons (Fsp3) is 0.333. The van der Waals surface area contributed by atoms with Crippen molar-refractivity contribution in [2.75, 3.05) is 32.7 Å². The number of likely N-dealkylation sites (tertiary alicyclic amines) is 1. The summed E-state index contributed by atoms with van der Waals surface area (Å²) in [6.45, 7) is 4.69. The largest absolute Gasteiger partial charge is 0.480 e. The van der Waals surface area contributed by atoms with Crippen LogP contribution in [0.3, 0.4) is 0 Å². The number of carbonyl (C=O) groups is 4. The minimum atomic E-state index is -1.08. The van der Waals surface area contributed by atoms with E-state index in [4.69, 9.17) is 0 Å². The van der Waals surface area contributed by atoms with Crippen molar-refractivity contribution in [2.45, 2.75) is 31.2 Å². The summed E-state index contributed by atoms with van der Waals surface area (Å²) in [5.74, 6) is -0.322. The monoisotopic (exact) mass is 553 g/mol. The lowest BCUT2D eigenvalue weighted by Gasteiger charge is -2.47. The Hall–Kier alpha value is -4.30. The van der Waals surface area contributed by atoms with Crippen molar-refractivity contribution < 1.29 is 24.3 Å². The molecule has 3 aromatic carbocycles. The topological polar surface area (TPSA) is 107 Å². The molecule has 4 aliphatic heterocycles. The highest BCUT2D eigenvalue weighted by atomic mass is 16.4. The fourth-order valence-corrected chi connectivity index (χ4v) is 5.76. The van der Waals surface area contributed by atoms with Crippen molar-refractivity contribution >= 4 is 24.1 Å². The van der Waals surface area contributed by atoms with Crippen molar-refractivity contribution in [3.63, 3.8) is 0 Å². The molecule has 212 valence electrons. The minimum absolute atomic E-state index is 0.117. The van der Waals surface area contributed by atoms with Crippen molar-refractivity contribution in [3.8, 4) is 0 Å². The number of hydrogen-bond acceptors (Lipinski definition) is 5. The fourth-order valence-electron chi connectivity index (χ4n) is 5.76. The zero-order chi connectivity index (χ0) is 28.8. The standard InChI is InChI=1S/C26H22N2O5.C7H13N/c29-15-19-8-10-20(11-9-19)23(30)27-14-18-6-12-21(13-7-18)24(31)28-16-26(17-28,25(32)33)22-4-2-1-3-5-22;1-4-8-5-2-7(1)3-6-8/h1-13,15H,14,16-17H2,(H,27,30)(H,32,33);7H,1-6H2. The maximum atomic E-state index is 12.8. The number of rotatable bonds is 7. The number of fused-ring (bicyclic) bond motifs is 3. The van der Waals surface area contributed by atoms with Crippen LogP contribution in [0.25, 0.3) is 0 Å². The highest BCUT2D eigenvalue weighted by Crippen LogP contribution is 2.36. The number of carboxylic acids is 1. The summed E-state index contributed by atoms with van der Waals surface area (Å²) in [6.07, 6.45) is 5.17. The van der Waals surface area contributed by atoms with Crippen LogP contribution in [0.1, 0.15) is 61.5 Å². The number of nitrogens with one attached hydrogen (secondary N) is 1. The van der Waals surface area contributed by atoms with Gasteiger partial charge in [-0.25, -0.2) is 0 Å².